The summed E-state index contributed by atoms with van der Waals surface area (Å²) < 4.78 is 1.15. The number of hydrogen-bond acceptors (Lipinski definition) is 7. The van der Waals surface area contributed by atoms with Crippen LogP contribution in [0.5, 0.6) is 5.75 Å². The van der Waals surface area contributed by atoms with Crippen LogP contribution in [0, 0.1) is 5.41 Å². The van der Waals surface area contributed by atoms with Gasteiger partial charge in [-0.05, 0) is 29.3 Å². The van der Waals surface area contributed by atoms with Crippen LogP contribution in [0.4, 0.5) is 0 Å². The third-order valence-corrected chi connectivity index (χ3v) is 7.37. The van der Waals surface area contributed by atoms with Gasteiger partial charge in [0.2, 0.25) is 17.7 Å². The van der Waals surface area contributed by atoms with Crippen molar-refractivity contribution in [1.82, 2.24) is 30.8 Å². The molecule has 242 valence electrons. The second-order valence-electron chi connectivity index (χ2n) is 11.8. The van der Waals surface area contributed by atoms with Crippen LogP contribution < -0.4 is 26.8 Å². The predicted molar refractivity (Wildman–Crippen MR) is 169 cm³/mol. The van der Waals surface area contributed by atoms with E-state index in [-0.39, 0.29) is 30.8 Å². The summed E-state index contributed by atoms with van der Waals surface area (Å²) in [6, 6.07) is 11.3. The Hall–Kier alpha value is -5.66. The van der Waals surface area contributed by atoms with Gasteiger partial charge in [-0.1, -0.05) is 45.0 Å². The predicted octanol–water partition coefficient (Wildman–Crippen LogP) is 1.05. The van der Waals surface area contributed by atoms with Crippen molar-refractivity contribution in [2.45, 2.75) is 39.8 Å². The average molecular weight is 633 g/mol. The molecule has 2 heterocycles. The molecule has 0 saturated carbocycles. The summed E-state index contributed by atoms with van der Waals surface area (Å²) in [5, 5.41) is 30.8. The molecule has 0 fully saturated rings. The van der Waals surface area contributed by atoms with Crippen molar-refractivity contribution in [3.05, 3.63) is 75.7 Å². The third kappa shape index (κ3) is 7.52. The van der Waals surface area contributed by atoms with Crippen LogP contribution in [0.1, 0.15) is 42.3 Å². The van der Waals surface area contributed by atoms with E-state index in [2.05, 4.69) is 26.3 Å². The molecule has 0 unspecified atom stereocenters. The highest BCUT2D eigenvalue weighted by Crippen LogP contribution is 2.27. The van der Waals surface area contributed by atoms with Crippen LogP contribution in [0.15, 0.2) is 53.5 Å². The van der Waals surface area contributed by atoms with E-state index in [0.717, 1.165) is 21.0 Å². The number of carboxylic acids is 1. The topological polar surface area (TPSA) is 212 Å². The van der Waals surface area contributed by atoms with Gasteiger partial charge in [-0.25, -0.2) is 0 Å². The Labute approximate surface area is 263 Å². The number of fused-ring (bicyclic) bond motifs is 2. The highest BCUT2D eigenvalue weighted by Gasteiger charge is 2.29. The van der Waals surface area contributed by atoms with E-state index < -0.39 is 58.6 Å². The molecule has 1 atom stereocenters. The number of rotatable bonds is 11. The Bertz CT molecular complexity index is 1900. The smallest absolute Gasteiger partial charge is 0.322 e. The Morgan fingerprint density at radius 3 is 2.37 bits per heavy atom. The number of nitrogens with zero attached hydrogens (tertiary/aromatic N) is 1. The molecule has 2 aromatic carbocycles. The number of aromatic amines is 1. The van der Waals surface area contributed by atoms with Crippen LogP contribution in [0.2, 0.25) is 0 Å². The number of carbonyl (C=O) groups is 5. The van der Waals surface area contributed by atoms with Crippen molar-refractivity contribution in [2.75, 3.05) is 13.1 Å². The van der Waals surface area contributed by atoms with E-state index in [1.165, 1.54) is 19.2 Å². The summed E-state index contributed by atoms with van der Waals surface area (Å²) in [7, 11) is 1.40. The van der Waals surface area contributed by atoms with Crippen molar-refractivity contribution in [3.63, 3.8) is 0 Å². The fourth-order valence-electron chi connectivity index (χ4n) is 4.80. The van der Waals surface area contributed by atoms with Gasteiger partial charge in [-0.15, -0.1) is 0 Å². The fraction of sp³-hybridized carbons (Fsp3) is 0.312. The number of carbonyl (C=O) groups excluding carboxylic acids is 4. The maximum Gasteiger partial charge on any atom is 0.322 e. The van der Waals surface area contributed by atoms with Gasteiger partial charge in [0.25, 0.3) is 11.5 Å². The minimum atomic E-state index is -1.32. The normalized spacial score (nSPS) is 12.0. The second kappa shape index (κ2) is 13.5. The van der Waals surface area contributed by atoms with Gasteiger partial charge < -0.3 is 41.0 Å². The molecule has 0 radical (unpaired) electrons. The molecule has 0 spiro atoms. The Morgan fingerprint density at radius 1 is 0.957 bits per heavy atom. The molecule has 0 bridgehead atoms. The number of pyridine rings is 1. The quantitative estimate of drug-likeness (QED) is 0.127. The highest BCUT2D eigenvalue weighted by molar-refractivity contribution is 6.03. The molecule has 14 nitrogen and oxygen atoms in total. The molecule has 46 heavy (non-hydrogen) atoms. The molecule has 4 amide bonds. The maximum atomic E-state index is 13.2. The number of hydrogen-bond donors (Lipinski definition) is 7. The van der Waals surface area contributed by atoms with Gasteiger partial charge in [0.05, 0.1) is 12.1 Å². The molecule has 7 N–H and O–H groups in total. The largest absolute Gasteiger partial charge is 0.506 e. The minimum Gasteiger partial charge on any atom is -0.506 e. The number of para-hydroxylation sites is 1. The molecule has 2 aromatic heterocycles. The summed E-state index contributed by atoms with van der Waals surface area (Å²) in [4.78, 5) is 77.8. The van der Waals surface area contributed by atoms with Gasteiger partial charge in [-0.2, -0.15) is 0 Å². The van der Waals surface area contributed by atoms with Crippen LogP contribution in [-0.4, -0.2) is 68.5 Å². The van der Waals surface area contributed by atoms with E-state index in [9.17, 15) is 33.9 Å². The number of aromatic hydroxyl groups is 1. The second-order valence-corrected chi connectivity index (χ2v) is 11.8. The lowest BCUT2D eigenvalue weighted by molar-refractivity contribution is -0.135. The van der Waals surface area contributed by atoms with E-state index in [1.54, 1.807) is 33.0 Å². The highest BCUT2D eigenvalue weighted by atomic mass is 16.4. The van der Waals surface area contributed by atoms with Crippen molar-refractivity contribution in [1.29, 1.82) is 0 Å². The summed E-state index contributed by atoms with van der Waals surface area (Å²) in [5.41, 5.74) is 0.354. The average Bonchev–Trinajstić information content (AvgIpc) is 3.42. The number of nitrogens with one attached hydrogen (secondary N) is 5. The van der Waals surface area contributed by atoms with Gasteiger partial charge in [0.1, 0.15) is 23.9 Å². The molecule has 0 aliphatic carbocycles. The van der Waals surface area contributed by atoms with Gasteiger partial charge in [0.15, 0.2) is 0 Å². The first kappa shape index (κ1) is 33.2. The van der Waals surface area contributed by atoms with Crippen LogP contribution in [-0.2, 0) is 39.2 Å². The van der Waals surface area contributed by atoms with E-state index in [4.69, 9.17) is 5.11 Å². The molecule has 0 saturated heterocycles. The van der Waals surface area contributed by atoms with Crippen molar-refractivity contribution >= 4 is 51.4 Å². The Morgan fingerprint density at radius 2 is 1.67 bits per heavy atom. The monoisotopic (exact) mass is 632 g/mol. The standard InChI is InChI=1S/C32H36N6O8/c1-32(2,3)31(46)37-22(12-18-14-33-21-8-6-5-7-19(18)21)28(43)35-15-24(39)34-13-17-9-10-23-20(11-17)27(42)26(30(45)38(23)4)29(44)36-16-25(40)41/h5-11,14,22,33,42H,12-13,15-16H2,1-4H3,(H,34,39)(H,35,43)(H,36,44)(H,37,46)(H,40,41)/t22-/m0/s1. The number of aliphatic carboxylic acids is 1. The van der Waals surface area contributed by atoms with Crippen LogP contribution in [0.3, 0.4) is 0 Å². The SMILES string of the molecule is Cn1c(=O)c(C(=O)NCC(=O)O)c(O)c2cc(CNC(=O)CNC(=O)[C@H](Cc3c[nH]c4ccccc34)NC(=O)C(C)(C)C)ccc21. The van der Waals surface area contributed by atoms with E-state index >= 15 is 0 Å². The van der Waals surface area contributed by atoms with Gasteiger partial charge >= 0.3 is 5.97 Å². The molecule has 0 aliphatic heterocycles. The van der Waals surface area contributed by atoms with Gasteiger partial charge in [0, 0.05) is 47.9 Å². The first-order valence-electron chi connectivity index (χ1n) is 14.4. The molecular formula is C32H36N6O8. The summed E-state index contributed by atoms with van der Waals surface area (Å²) in [5.74, 6) is -4.38. The number of H-pyrrole nitrogens is 1. The molecule has 4 aromatic rings. The first-order valence-corrected chi connectivity index (χ1v) is 14.4. The molecular weight excluding hydrogens is 596 g/mol. The van der Waals surface area contributed by atoms with E-state index in [0.29, 0.717) is 11.1 Å². The maximum absolute atomic E-state index is 13.2. The van der Waals surface area contributed by atoms with E-state index in [1.807, 2.05) is 24.3 Å². The number of carboxylic acid groups (broad SMARTS) is 1. The zero-order valence-corrected chi connectivity index (χ0v) is 25.8. The van der Waals surface area contributed by atoms with Gasteiger partial charge in [-0.3, -0.25) is 28.8 Å². The fourth-order valence-corrected chi connectivity index (χ4v) is 4.80. The third-order valence-electron chi connectivity index (χ3n) is 7.37. The number of aromatic nitrogens is 2. The van der Waals surface area contributed by atoms with Crippen LogP contribution in [0.25, 0.3) is 21.8 Å². The lowest BCUT2D eigenvalue weighted by atomic mass is 9.94. The first-order chi connectivity index (χ1) is 21.7. The Kier molecular flexibility index (Phi) is 9.79. The number of aryl methyl sites for hydroxylation is 1. The summed E-state index contributed by atoms with van der Waals surface area (Å²) in [6.07, 6.45) is 1.98. The molecule has 4 rings (SSSR count). The number of amides is 4. The zero-order valence-electron chi connectivity index (χ0n) is 25.8. The lowest BCUT2D eigenvalue weighted by Crippen LogP contribution is -2.52. The van der Waals surface area contributed by atoms with Crippen molar-refractivity contribution in [2.24, 2.45) is 12.5 Å². The molecule has 14 heteroatoms. The van der Waals surface area contributed by atoms with Crippen molar-refractivity contribution < 1.29 is 34.2 Å². The minimum absolute atomic E-state index is 0.0208. The zero-order chi connectivity index (χ0) is 33.8. The Balaban J connectivity index is 1.44. The van der Waals surface area contributed by atoms with Crippen molar-refractivity contribution in [3.8, 4) is 5.75 Å². The lowest BCUT2D eigenvalue weighted by Gasteiger charge is -2.24. The summed E-state index contributed by atoms with van der Waals surface area (Å²) in [6.45, 7) is 4.06. The molecule has 0 aliphatic rings. The summed E-state index contributed by atoms with van der Waals surface area (Å²) >= 11 is 0. The number of benzene rings is 2. The van der Waals surface area contributed by atoms with Crippen LogP contribution >= 0.6 is 0 Å².